The molecule has 3 heterocycles. The molecule has 5 aromatic rings. The number of alkyl halides is 2. The van der Waals surface area contributed by atoms with E-state index in [1.165, 1.54) is 17.0 Å². The van der Waals surface area contributed by atoms with E-state index in [2.05, 4.69) is 15.3 Å². The van der Waals surface area contributed by atoms with E-state index in [1.54, 1.807) is 36.5 Å². The summed E-state index contributed by atoms with van der Waals surface area (Å²) in [5, 5.41) is 3.96. The van der Waals surface area contributed by atoms with Crippen LogP contribution in [0.3, 0.4) is 0 Å². The van der Waals surface area contributed by atoms with Gasteiger partial charge in [-0.25, -0.2) is 18.2 Å². The number of nitrogen functional groups attached to an aromatic ring is 1. The first-order valence-electron chi connectivity index (χ1n) is 15.3. The predicted molar refractivity (Wildman–Crippen MR) is 171 cm³/mol. The van der Waals surface area contributed by atoms with Gasteiger partial charge in [-0.2, -0.15) is 0 Å². The number of hydrogen-bond acceptors (Lipinski definition) is 4. The number of nitrogens with two attached hydrogens (primary N) is 1. The maximum atomic E-state index is 13.8. The van der Waals surface area contributed by atoms with Crippen molar-refractivity contribution in [2.24, 2.45) is 5.92 Å². The fourth-order valence-corrected chi connectivity index (χ4v) is 6.25. The Morgan fingerprint density at radius 3 is 2.35 bits per heavy atom. The highest BCUT2D eigenvalue weighted by molar-refractivity contribution is 5.99. The number of H-pyrrole nitrogens is 1. The molecule has 0 spiro atoms. The number of fused-ring (bicyclic) bond motifs is 1. The average Bonchev–Trinajstić information content (AvgIpc) is 3.75. The maximum Gasteiger partial charge on any atom is 0.253 e. The molecule has 7 rings (SSSR count). The predicted octanol–water partition coefficient (Wildman–Crippen LogP) is 6.91. The summed E-state index contributed by atoms with van der Waals surface area (Å²) in [5.41, 5.74) is 12.2. The molecule has 2 amide bonds. The van der Waals surface area contributed by atoms with Gasteiger partial charge in [-0.05, 0) is 83.1 Å². The lowest BCUT2D eigenvalue weighted by Gasteiger charge is -2.31. The molecule has 7 nitrogen and oxygen atoms in total. The lowest BCUT2D eigenvalue weighted by molar-refractivity contribution is -0.122. The number of piperidine rings is 1. The number of aromatic amines is 1. The molecular weight excluding hydrogens is 591 g/mol. The molecular formula is C36H32F3N5O2. The van der Waals surface area contributed by atoms with Gasteiger partial charge in [0, 0.05) is 60.3 Å². The van der Waals surface area contributed by atoms with Crippen LogP contribution in [-0.4, -0.2) is 45.7 Å². The smallest absolute Gasteiger partial charge is 0.253 e. The van der Waals surface area contributed by atoms with Gasteiger partial charge in [0.1, 0.15) is 11.6 Å². The molecule has 2 aliphatic rings. The van der Waals surface area contributed by atoms with Crippen LogP contribution in [0.1, 0.15) is 46.8 Å². The third kappa shape index (κ3) is 6.07. The molecule has 1 aliphatic carbocycles. The highest BCUT2D eigenvalue weighted by Gasteiger charge is 2.44. The summed E-state index contributed by atoms with van der Waals surface area (Å²) < 4.78 is 41.0. The summed E-state index contributed by atoms with van der Waals surface area (Å²) >= 11 is 0. The average molecular weight is 624 g/mol. The lowest BCUT2D eigenvalue weighted by atomic mass is 9.95. The van der Waals surface area contributed by atoms with Crippen LogP contribution in [0.5, 0.6) is 0 Å². The standard InChI is InChI=1S/C36H32F3N5O2/c37-27-8-5-22(6-9-27)30-17-25(21-1-3-23(4-2-21)35(46)44-13-11-36(38,39)12-14-44)15-26-16-28(43-33(26)30)20-42-34(45)31-18-29(31)24-7-10-32(40)41-19-24/h1-10,15-17,19,29,31,43H,11-14,18,20H2,(H2,40,41)(H,42,45)/t29-,31+/m1/s1. The van der Waals surface area contributed by atoms with E-state index in [1.807, 2.05) is 36.4 Å². The van der Waals surface area contributed by atoms with Crippen LogP contribution >= 0.6 is 0 Å². The quantitative estimate of drug-likeness (QED) is 0.183. The normalized spacial score (nSPS) is 18.8. The van der Waals surface area contributed by atoms with Gasteiger partial charge in [-0.1, -0.05) is 30.3 Å². The largest absolute Gasteiger partial charge is 0.384 e. The van der Waals surface area contributed by atoms with Crippen LogP contribution in [0.4, 0.5) is 19.0 Å². The lowest BCUT2D eigenvalue weighted by Crippen LogP contribution is -2.42. The van der Waals surface area contributed by atoms with Crippen molar-refractivity contribution in [3.05, 3.63) is 108 Å². The van der Waals surface area contributed by atoms with Gasteiger partial charge in [0.25, 0.3) is 11.8 Å². The van der Waals surface area contributed by atoms with Gasteiger partial charge >= 0.3 is 0 Å². The minimum Gasteiger partial charge on any atom is -0.384 e. The Labute approximate surface area is 263 Å². The van der Waals surface area contributed by atoms with E-state index in [-0.39, 0.29) is 55.4 Å². The van der Waals surface area contributed by atoms with Crippen molar-refractivity contribution in [1.29, 1.82) is 0 Å². The molecule has 46 heavy (non-hydrogen) atoms. The number of benzene rings is 3. The van der Waals surface area contributed by atoms with E-state index in [0.29, 0.717) is 17.9 Å². The number of amides is 2. The van der Waals surface area contributed by atoms with Crippen LogP contribution in [0.15, 0.2) is 85.1 Å². The fourth-order valence-electron chi connectivity index (χ4n) is 6.25. The van der Waals surface area contributed by atoms with Crippen LogP contribution in [0, 0.1) is 11.7 Å². The molecule has 3 aromatic carbocycles. The highest BCUT2D eigenvalue weighted by atomic mass is 19.3. The van der Waals surface area contributed by atoms with E-state index in [9.17, 15) is 22.8 Å². The van der Waals surface area contributed by atoms with Crippen LogP contribution in [0.25, 0.3) is 33.2 Å². The van der Waals surface area contributed by atoms with Crippen molar-refractivity contribution >= 4 is 28.5 Å². The molecule has 2 fully saturated rings. The van der Waals surface area contributed by atoms with E-state index >= 15 is 0 Å². The highest BCUT2D eigenvalue weighted by Crippen LogP contribution is 2.47. The SMILES string of the molecule is Nc1ccc([C@H]2C[C@@H]2C(=O)NCc2cc3cc(-c4ccc(C(=O)N5CCC(F)(F)CC5)cc4)cc(-c4ccc(F)cc4)c3[nH]2)cn1. The Balaban J connectivity index is 1.12. The summed E-state index contributed by atoms with van der Waals surface area (Å²) in [4.78, 5) is 35.0. The van der Waals surface area contributed by atoms with E-state index in [0.717, 1.165) is 50.8 Å². The summed E-state index contributed by atoms with van der Waals surface area (Å²) in [5.74, 6) is -2.86. The number of nitrogens with zero attached hydrogens (tertiary/aromatic N) is 2. The van der Waals surface area contributed by atoms with Crippen molar-refractivity contribution in [2.45, 2.75) is 37.6 Å². The van der Waals surface area contributed by atoms with Crippen molar-refractivity contribution in [3.63, 3.8) is 0 Å². The molecule has 2 atom stereocenters. The zero-order valence-corrected chi connectivity index (χ0v) is 24.9. The van der Waals surface area contributed by atoms with Gasteiger partial charge in [-0.3, -0.25) is 9.59 Å². The van der Waals surface area contributed by atoms with Gasteiger partial charge in [0.2, 0.25) is 5.91 Å². The third-order valence-corrected chi connectivity index (χ3v) is 9.00. The topological polar surface area (TPSA) is 104 Å². The monoisotopic (exact) mass is 623 g/mol. The van der Waals surface area contributed by atoms with Crippen molar-refractivity contribution < 1.29 is 22.8 Å². The summed E-state index contributed by atoms with van der Waals surface area (Å²) in [6, 6.07) is 23.1. The summed E-state index contributed by atoms with van der Waals surface area (Å²) in [7, 11) is 0. The molecule has 234 valence electrons. The number of likely N-dealkylation sites (tertiary alicyclic amines) is 1. The number of pyridine rings is 1. The molecule has 4 N–H and O–H groups in total. The number of hydrogen-bond donors (Lipinski definition) is 3. The first-order valence-corrected chi connectivity index (χ1v) is 15.3. The number of aromatic nitrogens is 2. The number of halogens is 3. The number of rotatable bonds is 7. The van der Waals surface area contributed by atoms with Gasteiger partial charge in [-0.15, -0.1) is 0 Å². The van der Waals surface area contributed by atoms with Crippen molar-refractivity contribution in [2.75, 3.05) is 18.8 Å². The molecule has 0 radical (unpaired) electrons. The van der Waals surface area contributed by atoms with E-state index in [4.69, 9.17) is 5.73 Å². The second-order valence-electron chi connectivity index (χ2n) is 12.2. The summed E-state index contributed by atoms with van der Waals surface area (Å²) in [6.45, 7) is 0.375. The first-order chi connectivity index (χ1) is 22.1. The zero-order valence-electron chi connectivity index (χ0n) is 24.9. The molecule has 2 aromatic heterocycles. The zero-order chi connectivity index (χ0) is 32.0. The second kappa shape index (κ2) is 11.7. The molecule has 0 unspecified atom stereocenters. The molecule has 0 bridgehead atoms. The van der Waals surface area contributed by atoms with E-state index < -0.39 is 5.92 Å². The van der Waals surface area contributed by atoms with Crippen molar-refractivity contribution in [3.8, 4) is 22.3 Å². The Bertz CT molecular complexity index is 1910. The second-order valence-corrected chi connectivity index (χ2v) is 12.2. The number of nitrogens with one attached hydrogen (secondary N) is 2. The number of carbonyl (C=O) groups excluding carboxylic acids is 2. The van der Waals surface area contributed by atoms with Crippen LogP contribution < -0.4 is 11.1 Å². The Hall–Kier alpha value is -5.12. The Morgan fingerprint density at radius 2 is 1.65 bits per heavy atom. The van der Waals surface area contributed by atoms with Crippen molar-refractivity contribution in [1.82, 2.24) is 20.2 Å². The molecule has 1 saturated heterocycles. The minimum atomic E-state index is -2.72. The molecule has 10 heteroatoms. The fraction of sp³-hybridized carbons (Fsp3) is 0.250. The molecule has 1 saturated carbocycles. The first kappa shape index (κ1) is 29.6. The van der Waals surface area contributed by atoms with Crippen LogP contribution in [0.2, 0.25) is 0 Å². The minimum absolute atomic E-state index is 0.0205. The Kier molecular flexibility index (Phi) is 7.50. The third-order valence-electron chi connectivity index (χ3n) is 9.00. The maximum absolute atomic E-state index is 13.8. The van der Waals surface area contributed by atoms with Gasteiger partial charge in [0.15, 0.2) is 0 Å². The number of carbonyl (C=O) groups is 2. The van der Waals surface area contributed by atoms with Crippen LogP contribution in [-0.2, 0) is 11.3 Å². The summed E-state index contributed by atoms with van der Waals surface area (Å²) in [6.07, 6.45) is 1.84. The van der Waals surface area contributed by atoms with Gasteiger partial charge in [0.05, 0.1) is 12.1 Å². The molecule has 1 aliphatic heterocycles. The van der Waals surface area contributed by atoms with Gasteiger partial charge < -0.3 is 20.9 Å². The Morgan fingerprint density at radius 1 is 0.935 bits per heavy atom. The number of anilines is 1.